The van der Waals surface area contributed by atoms with Crippen molar-refractivity contribution in [1.82, 2.24) is 9.21 Å². The Morgan fingerprint density at radius 1 is 0.897 bits per heavy atom. The van der Waals surface area contributed by atoms with Gasteiger partial charge in [0.1, 0.15) is 22.7 Å². The summed E-state index contributed by atoms with van der Waals surface area (Å²) in [4.78, 5) is 27.9. The highest BCUT2D eigenvalue weighted by atomic mass is 32.2. The second kappa shape index (κ2) is 12.5. The molecule has 0 bridgehead atoms. The first-order chi connectivity index (χ1) is 17.8. The van der Waals surface area contributed by atoms with Crippen LogP contribution in [0.2, 0.25) is 0 Å². The van der Waals surface area contributed by atoms with Crippen LogP contribution < -0.4 is 4.74 Å². The lowest BCUT2D eigenvalue weighted by atomic mass is 10.1. The topological polar surface area (TPSA) is 102 Å². The van der Waals surface area contributed by atoms with Gasteiger partial charge < -0.3 is 19.1 Å². The van der Waals surface area contributed by atoms with Crippen LogP contribution in [0.1, 0.15) is 58.2 Å². The molecule has 0 aliphatic heterocycles. The molecule has 39 heavy (non-hydrogen) atoms. The summed E-state index contributed by atoms with van der Waals surface area (Å²) in [6.45, 7) is 12.2. The summed E-state index contributed by atoms with van der Waals surface area (Å²) >= 11 is 1.64. The van der Waals surface area contributed by atoms with Crippen molar-refractivity contribution in [3.05, 3.63) is 53.1 Å². The fraction of sp³-hybridized carbons (Fsp3) is 0.500. The lowest BCUT2D eigenvalue weighted by Gasteiger charge is -2.27. The lowest BCUT2D eigenvalue weighted by Crippen LogP contribution is -2.39. The van der Waals surface area contributed by atoms with Gasteiger partial charge in [-0.05, 0) is 96.2 Å². The van der Waals surface area contributed by atoms with Gasteiger partial charge in [-0.25, -0.2) is 22.3 Å². The number of amides is 2. The fourth-order valence-corrected chi connectivity index (χ4v) is 4.73. The molecule has 9 nitrogen and oxygen atoms in total. The summed E-state index contributed by atoms with van der Waals surface area (Å²) in [6, 6.07) is 10.8. The van der Waals surface area contributed by atoms with Gasteiger partial charge in [-0.1, -0.05) is 6.07 Å². The number of benzene rings is 2. The standard InChI is InChI=1S/C28H40N2O7S2/c1-19-15-22(12-14-24(19)38-9)35-23-13-11-20(16-21(23)18-29(8)25(31)36-27(2,3)4)17-30(39(10,33)34)26(32)37-28(5,6)7/h11-16H,17-18H2,1-10H3. The number of aryl methyl sites for hydroxylation is 1. The summed E-state index contributed by atoms with van der Waals surface area (Å²) < 4.78 is 42.6. The summed E-state index contributed by atoms with van der Waals surface area (Å²) in [5.74, 6) is 1.10. The van der Waals surface area contributed by atoms with E-state index in [1.54, 1.807) is 78.6 Å². The quantitative estimate of drug-likeness (QED) is 0.323. The summed E-state index contributed by atoms with van der Waals surface area (Å²) in [5, 5.41) is 0. The molecule has 0 unspecified atom stereocenters. The third kappa shape index (κ3) is 10.3. The maximum atomic E-state index is 12.7. The van der Waals surface area contributed by atoms with Gasteiger partial charge in [0.2, 0.25) is 10.0 Å². The predicted octanol–water partition coefficient (Wildman–Crippen LogP) is 6.57. The van der Waals surface area contributed by atoms with Crippen LogP contribution >= 0.6 is 11.8 Å². The highest BCUT2D eigenvalue weighted by Gasteiger charge is 2.29. The van der Waals surface area contributed by atoms with Crippen LogP contribution in [0, 0.1) is 6.92 Å². The van der Waals surface area contributed by atoms with Gasteiger partial charge in [0.25, 0.3) is 0 Å². The first kappa shape index (κ1) is 32.3. The minimum absolute atomic E-state index is 0.116. The SMILES string of the molecule is CSc1ccc(Oc2ccc(CN(C(=O)OC(C)(C)C)S(C)(=O)=O)cc2CN(C)C(=O)OC(C)(C)C)cc1C. The van der Waals surface area contributed by atoms with Crippen LogP contribution in [0.5, 0.6) is 11.5 Å². The molecule has 0 radical (unpaired) electrons. The number of carbonyl (C=O) groups is 2. The molecule has 0 heterocycles. The second-order valence-electron chi connectivity index (χ2n) is 11.3. The van der Waals surface area contributed by atoms with Gasteiger partial charge in [0.05, 0.1) is 19.3 Å². The Balaban J connectivity index is 2.47. The molecule has 2 rings (SSSR count). The van der Waals surface area contributed by atoms with Gasteiger partial charge in [0, 0.05) is 17.5 Å². The zero-order valence-electron chi connectivity index (χ0n) is 24.4. The van der Waals surface area contributed by atoms with E-state index >= 15 is 0 Å². The maximum Gasteiger partial charge on any atom is 0.424 e. The number of carbonyl (C=O) groups excluding carboxylic acids is 2. The number of ether oxygens (including phenoxy) is 3. The van der Waals surface area contributed by atoms with Crippen LogP contribution in [0.3, 0.4) is 0 Å². The summed E-state index contributed by atoms with van der Waals surface area (Å²) in [5.41, 5.74) is 0.630. The van der Waals surface area contributed by atoms with Crippen molar-refractivity contribution < 1.29 is 32.2 Å². The van der Waals surface area contributed by atoms with Crippen molar-refractivity contribution in [2.45, 2.75) is 77.7 Å². The zero-order valence-corrected chi connectivity index (χ0v) is 26.1. The van der Waals surface area contributed by atoms with E-state index in [1.807, 2.05) is 31.4 Å². The molecule has 11 heteroatoms. The van der Waals surface area contributed by atoms with Gasteiger partial charge in [-0.15, -0.1) is 11.8 Å². The Labute approximate surface area is 236 Å². The molecular weight excluding hydrogens is 540 g/mol. The van der Waals surface area contributed by atoms with Gasteiger partial charge in [-0.2, -0.15) is 0 Å². The molecule has 0 atom stereocenters. The van der Waals surface area contributed by atoms with Crippen molar-refractivity contribution in [3.63, 3.8) is 0 Å². The Hall–Kier alpha value is -2.92. The number of rotatable bonds is 8. The Bertz CT molecular complexity index is 1300. The van der Waals surface area contributed by atoms with Crippen LogP contribution in [-0.4, -0.2) is 60.6 Å². The average Bonchev–Trinajstić information content (AvgIpc) is 2.76. The van der Waals surface area contributed by atoms with E-state index in [0.29, 0.717) is 26.9 Å². The van der Waals surface area contributed by atoms with Gasteiger partial charge in [0.15, 0.2) is 0 Å². The fourth-order valence-electron chi connectivity index (χ4n) is 3.45. The number of sulfonamides is 1. The highest BCUT2D eigenvalue weighted by Crippen LogP contribution is 2.31. The third-order valence-electron chi connectivity index (χ3n) is 5.16. The molecule has 0 aromatic heterocycles. The van der Waals surface area contributed by atoms with E-state index in [2.05, 4.69) is 0 Å². The molecule has 0 spiro atoms. The van der Waals surface area contributed by atoms with Crippen LogP contribution in [0.25, 0.3) is 0 Å². The van der Waals surface area contributed by atoms with Crippen LogP contribution in [-0.2, 0) is 32.6 Å². The van der Waals surface area contributed by atoms with Crippen molar-refractivity contribution in [1.29, 1.82) is 0 Å². The van der Waals surface area contributed by atoms with E-state index < -0.39 is 33.4 Å². The Kier molecular flexibility index (Phi) is 10.4. The van der Waals surface area contributed by atoms with Crippen molar-refractivity contribution >= 4 is 34.0 Å². The van der Waals surface area contributed by atoms with Crippen LogP contribution in [0.15, 0.2) is 41.3 Å². The first-order valence-electron chi connectivity index (χ1n) is 12.4. The smallest absolute Gasteiger partial charge is 0.424 e. The monoisotopic (exact) mass is 580 g/mol. The van der Waals surface area contributed by atoms with Crippen molar-refractivity contribution in [3.8, 4) is 11.5 Å². The predicted molar refractivity (Wildman–Crippen MR) is 154 cm³/mol. The van der Waals surface area contributed by atoms with E-state index in [1.165, 1.54) is 4.90 Å². The number of thioether (sulfide) groups is 1. The van der Waals surface area contributed by atoms with E-state index in [0.717, 1.165) is 16.7 Å². The molecule has 0 aliphatic carbocycles. The maximum absolute atomic E-state index is 12.7. The normalized spacial score (nSPS) is 12.1. The molecule has 0 saturated carbocycles. The molecule has 0 saturated heterocycles. The molecule has 0 N–H and O–H groups in total. The highest BCUT2D eigenvalue weighted by molar-refractivity contribution is 7.98. The van der Waals surface area contributed by atoms with Crippen LogP contribution in [0.4, 0.5) is 9.59 Å². The van der Waals surface area contributed by atoms with E-state index in [4.69, 9.17) is 14.2 Å². The molecule has 216 valence electrons. The molecule has 2 amide bonds. The van der Waals surface area contributed by atoms with E-state index in [9.17, 15) is 18.0 Å². The lowest BCUT2D eigenvalue weighted by molar-refractivity contribution is 0.0283. The van der Waals surface area contributed by atoms with Gasteiger partial charge in [-0.3, -0.25) is 0 Å². The third-order valence-corrected chi connectivity index (χ3v) is 7.13. The Morgan fingerprint density at radius 3 is 2.00 bits per heavy atom. The van der Waals surface area contributed by atoms with Crippen molar-refractivity contribution in [2.75, 3.05) is 19.6 Å². The summed E-state index contributed by atoms with van der Waals surface area (Å²) in [7, 11) is -2.33. The molecule has 0 fully saturated rings. The van der Waals surface area contributed by atoms with E-state index in [-0.39, 0.29) is 13.1 Å². The number of hydrogen-bond donors (Lipinski definition) is 0. The zero-order chi connectivity index (χ0) is 29.8. The Morgan fingerprint density at radius 2 is 1.49 bits per heavy atom. The molecular formula is C28H40N2O7S2. The second-order valence-corrected chi connectivity index (χ2v) is 14.0. The summed E-state index contributed by atoms with van der Waals surface area (Å²) in [6.07, 6.45) is 1.46. The largest absolute Gasteiger partial charge is 0.457 e. The first-order valence-corrected chi connectivity index (χ1v) is 15.5. The molecule has 2 aromatic carbocycles. The van der Waals surface area contributed by atoms with Gasteiger partial charge >= 0.3 is 12.2 Å². The minimum atomic E-state index is -3.93. The molecule has 2 aromatic rings. The molecule has 0 aliphatic rings. The number of hydrogen-bond acceptors (Lipinski definition) is 8. The number of nitrogens with zero attached hydrogens (tertiary/aromatic N) is 2. The van der Waals surface area contributed by atoms with Crippen molar-refractivity contribution in [2.24, 2.45) is 0 Å². The average molecular weight is 581 g/mol. The minimum Gasteiger partial charge on any atom is -0.457 e.